The molecule has 0 aromatic carbocycles. The second kappa shape index (κ2) is 4.79. The number of nitrogens with zero attached hydrogens (tertiary/aromatic N) is 2. The maximum Gasteiger partial charge on any atom is 0.225 e. The van der Waals surface area contributed by atoms with Gasteiger partial charge in [0, 0.05) is 17.4 Å². The van der Waals surface area contributed by atoms with Crippen LogP contribution in [0.1, 0.15) is 19.8 Å². The number of nitrogens with one attached hydrogen (secondary N) is 1. The van der Waals surface area contributed by atoms with Crippen molar-refractivity contribution in [2.75, 3.05) is 23.3 Å². The summed E-state index contributed by atoms with van der Waals surface area (Å²) in [4.78, 5) is 8.37. The molecular formula is C10H15BrN4S. The molecule has 1 aliphatic rings. The van der Waals surface area contributed by atoms with Crippen molar-refractivity contribution in [1.82, 2.24) is 9.97 Å². The zero-order chi connectivity index (χ0) is 11.6. The predicted octanol–water partition coefficient (Wildman–Crippen LogP) is 2.52. The van der Waals surface area contributed by atoms with Crippen molar-refractivity contribution in [2.45, 2.75) is 24.5 Å². The minimum atomic E-state index is 0.306. The number of thioether (sulfide) groups is 1. The van der Waals surface area contributed by atoms with Gasteiger partial charge in [-0.25, -0.2) is 4.98 Å². The third kappa shape index (κ3) is 3.01. The third-order valence-corrected chi connectivity index (χ3v) is 4.58. The van der Waals surface area contributed by atoms with Gasteiger partial charge in [0.25, 0.3) is 0 Å². The number of nitrogen functional groups attached to an aromatic ring is 1. The zero-order valence-electron chi connectivity index (χ0n) is 9.16. The minimum Gasteiger partial charge on any atom is -0.383 e. The van der Waals surface area contributed by atoms with Crippen LogP contribution in [-0.2, 0) is 0 Å². The number of nitrogens with two attached hydrogens (primary N) is 1. The smallest absolute Gasteiger partial charge is 0.225 e. The highest BCUT2D eigenvalue weighted by Gasteiger charge is 2.29. The number of hydrogen-bond donors (Lipinski definition) is 2. The van der Waals surface area contributed by atoms with Crippen LogP contribution in [0.25, 0.3) is 0 Å². The molecule has 3 N–H and O–H groups in total. The van der Waals surface area contributed by atoms with Gasteiger partial charge in [0.2, 0.25) is 5.95 Å². The molecule has 1 saturated heterocycles. The van der Waals surface area contributed by atoms with E-state index in [0.29, 0.717) is 21.1 Å². The molecule has 1 aromatic heterocycles. The molecule has 2 heterocycles. The van der Waals surface area contributed by atoms with E-state index in [4.69, 9.17) is 5.73 Å². The fourth-order valence-electron chi connectivity index (χ4n) is 1.76. The second-order valence-corrected chi connectivity index (χ2v) is 6.69. The van der Waals surface area contributed by atoms with E-state index in [1.54, 1.807) is 6.07 Å². The minimum absolute atomic E-state index is 0.306. The van der Waals surface area contributed by atoms with Gasteiger partial charge >= 0.3 is 0 Å². The standard InChI is InChI=1S/C10H15BrN4S/c1-10(3-2-4-16-10)6-13-9-14-7(11)5-8(12)15-9/h5H,2-4,6H2,1H3,(H3,12,13,14,15). The Morgan fingerprint density at radius 3 is 3.06 bits per heavy atom. The van der Waals surface area contributed by atoms with Crippen LogP contribution in [0.15, 0.2) is 10.7 Å². The van der Waals surface area contributed by atoms with Crippen LogP contribution < -0.4 is 11.1 Å². The van der Waals surface area contributed by atoms with Gasteiger partial charge < -0.3 is 11.1 Å². The molecule has 1 fully saturated rings. The normalized spacial score (nSPS) is 24.6. The van der Waals surface area contributed by atoms with Crippen molar-refractivity contribution in [3.8, 4) is 0 Å². The highest BCUT2D eigenvalue weighted by Crippen LogP contribution is 2.37. The van der Waals surface area contributed by atoms with Crippen molar-refractivity contribution < 1.29 is 0 Å². The van der Waals surface area contributed by atoms with Gasteiger partial charge in [-0.3, -0.25) is 0 Å². The summed E-state index contributed by atoms with van der Waals surface area (Å²) in [5.74, 6) is 2.33. The van der Waals surface area contributed by atoms with Crippen LogP contribution in [0.2, 0.25) is 0 Å². The average Bonchev–Trinajstić information content (AvgIpc) is 2.62. The molecule has 1 unspecified atom stereocenters. The maximum atomic E-state index is 5.65. The number of aromatic nitrogens is 2. The van der Waals surface area contributed by atoms with Crippen molar-refractivity contribution >= 4 is 39.5 Å². The first-order valence-electron chi connectivity index (χ1n) is 5.25. The average molecular weight is 303 g/mol. The van der Waals surface area contributed by atoms with E-state index in [1.807, 2.05) is 11.8 Å². The summed E-state index contributed by atoms with van der Waals surface area (Å²) in [5, 5.41) is 3.26. The van der Waals surface area contributed by atoms with E-state index < -0.39 is 0 Å². The summed E-state index contributed by atoms with van der Waals surface area (Å²) in [6.07, 6.45) is 2.54. The Kier molecular flexibility index (Phi) is 3.59. The van der Waals surface area contributed by atoms with Gasteiger partial charge in [0.05, 0.1) is 0 Å². The molecule has 0 spiro atoms. The monoisotopic (exact) mass is 302 g/mol. The van der Waals surface area contributed by atoms with E-state index in [1.165, 1.54) is 18.6 Å². The highest BCUT2D eigenvalue weighted by atomic mass is 79.9. The summed E-state index contributed by atoms with van der Waals surface area (Å²) < 4.78 is 1.02. The molecule has 0 radical (unpaired) electrons. The van der Waals surface area contributed by atoms with Gasteiger partial charge in [0.1, 0.15) is 10.4 Å². The first-order chi connectivity index (χ1) is 7.57. The highest BCUT2D eigenvalue weighted by molar-refractivity contribution is 9.10. The van der Waals surface area contributed by atoms with Gasteiger partial charge in [-0.1, -0.05) is 0 Å². The van der Waals surface area contributed by atoms with E-state index in [0.717, 1.165) is 6.54 Å². The van der Waals surface area contributed by atoms with Crippen LogP contribution in [0, 0.1) is 0 Å². The number of halogens is 1. The molecule has 2 rings (SSSR count). The fraction of sp³-hybridized carbons (Fsp3) is 0.600. The molecule has 0 saturated carbocycles. The lowest BCUT2D eigenvalue weighted by Gasteiger charge is -2.22. The van der Waals surface area contributed by atoms with Gasteiger partial charge in [0.15, 0.2) is 0 Å². The van der Waals surface area contributed by atoms with E-state index in [9.17, 15) is 0 Å². The molecule has 0 amide bonds. The second-order valence-electron chi connectivity index (χ2n) is 4.19. The summed E-state index contributed by atoms with van der Waals surface area (Å²) in [6, 6.07) is 1.69. The Bertz CT molecular complexity index is 359. The Hall–Kier alpha value is -0.490. The molecule has 88 valence electrons. The van der Waals surface area contributed by atoms with Crippen LogP contribution in [-0.4, -0.2) is 27.0 Å². The van der Waals surface area contributed by atoms with E-state index in [-0.39, 0.29) is 0 Å². The zero-order valence-corrected chi connectivity index (χ0v) is 11.6. The maximum absolute atomic E-state index is 5.65. The van der Waals surface area contributed by atoms with Crippen molar-refractivity contribution in [3.63, 3.8) is 0 Å². The molecule has 1 aliphatic heterocycles. The first kappa shape index (κ1) is 12.0. The SMILES string of the molecule is CC1(CNc2nc(N)cc(Br)n2)CCCS1. The Morgan fingerprint density at radius 2 is 2.44 bits per heavy atom. The fourth-order valence-corrected chi connectivity index (χ4v) is 3.40. The molecule has 1 atom stereocenters. The van der Waals surface area contributed by atoms with E-state index in [2.05, 4.69) is 38.1 Å². The van der Waals surface area contributed by atoms with Crippen LogP contribution >= 0.6 is 27.7 Å². The van der Waals surface area contributed by atoms with E-state index >= 15 is 0 Å². The van der Waals surface area contributed by atoms with Crippen LogP contribution in [0.3, 0.4) is 0 Å². The topological polar surface area (TPSA) is 63.8 Å². The molecular weight excluding hydrogens is 288 g/mol. The molecule has 0 bridgehead atoms. The van der Waals surface area contributed by atoms with Crippen LogP contribution in [0.4, 0.5) is 11.8 Å². The number of rotatable bonds is 3. The molecule has 0 aliphatic carbocycles. The Morgan fingerprint density at radius 1 is 1.62 bits per heavy atom. The Balaban J connectivity index is 1.98. The predicted molar refractivity (Wildman–Crippen MR) is 72.7 cm³/mol. The number of hydrogen-bond acceptors (Lipinski definition) is 5. The Labute approximate surface area is 108 Å². The summed E-state index contributed by atoms with van der Waals surface area (Å²) in [5.41, 5.74) is 5.65. The quantitative estimate of drug-likeness (QED) is 0.840. The largest absolute Gasteiger partial charge is 0.383 e. The first-order valence-corrected chi connectivity index (χ1v) is 7.03. The molecule has 6 heteroatoms. The molecule has 16 heavy (non-hydrogen) atoms. The lowest BCUT2D eigenvalue weighted by atomic mass is 10.1. The van der Waals surface area contributed by atoms with Crippen molar-refractivity contribution in [3.05, 3.63) is 10.7 Å². The van der Waals surface area contributed by atoms with Crippen molar-refractivity contribution in [1.29, 1.82) is 0 Å². The lowest BCUT2D eigenvalue weighted by molar-refractivity contribution is 0.632. The molecule has 1 aromatic rings. The summed E-state index contributed by atoms with van der Waals surface area (Å²) in [6.45, 7) is 3.16. The number of anilines is 2. The van der Waals surface area contributed by atoms with Gasteiger partial charge in [-0.05, 0) is 41.4 Å². The van der Waals surface area contributed by atoms with Crippen LogP contribution in [0.5, 0.6) is 0 Å². The molecule has 4 nitrogen and oxygen atoms in total. The summed E-state index contributed by atoms with van der Waals surface area (Å²) >= 11 is 5.31. The third-order valence-electron chi connectivity index (χ3n) is 2.64. The van der Waals surface area contributed by atoms with Gasteiger partial charge in [-0.2, -0.15) is 16.7 Å². The lowest BCUT2D eigenvalue weighted by Crippen LogP contribution is -2.27. The van der Waals surface area contributed by atoms with Gasteiger partial charge in [-0.15, -0.1) is 0 Å². The summed E-state index contributed by atoms with van der Waals surface area (Å²) in [7, 11) is 0. The van der Waals surface area contributed by atoms with Crippen molar-refractivity contribution in [2.24, 2.45) is 0 Å².